The molecule has 0 aromatic heterocycles. The molecule has 0 saturated heterocycles. The van der Waals surface area contributed by atoms with Crippen molar-refractivity contribution in [3.05, 3.63) is 29.8 Å². The Kier molecular flexibility index (Phi) is 3.23. The van der Waals surface area contributed by atoms with E-state index in [1.165, 1.54) is 5.56 Å². The Bertz CT molecular complexity index is 427. The van der Waals surface area contributed by atoms with Crippen molar-refractivity contribution in [2.24, 2.45) is 5.92 Å². The molecule has 0 fully saturated rings. The van der Waals surface area contributed by atoms with E-state index in [1.54, 1.807) is 6.92 Å². The third-order valence-corrected chi connectivity index (χ3v) is 4.18. The van der Waals surface area contributed by atoms with Crippen LogP contribution in [0.25, 0.3) is 0 Å². The number of amides is 1. The second-order valence-corrected chi connectivity index (χ2v) is 5.06. The number of carbonyl (C=O) groups is 1. The number of carbonyl (C=O) groups excluding carboxylic acids is 1. The van der Waals surface area contributed by atoms with Crippen molar-refractivity contribution in [3.8, 4) is 0 Å². The van der Waals surface area contributed by atoms with Crippen LogP contribution in [-0.2, 0) is 4.79 Å². The van der Waals surface area contributed by atoms with Crippen LogP contribution in [0, 0.1) is 5.92 Å². The van der Waals surface area contributed by atoms with Gasteiger partial charge in [0.2, 0.25) is 5.91 Å². The highest BCUT2D eigenvalue weighted by Gasteiger charge is 2.36. The lowest BCUT2D eigenvalue weighted by Crippen LogP contribution is -2.46. The molecule has 1 aromatic carbocycles. The van der Waals surface area contributed by atoms with Crippen LogP contribution >= 0.6 is 0 Å². The fourth-order valence-electron chi connectivity index (χ4n) is 3.14. The van der Waals surface area contributed by atoms with Gasteiger partial charge in [0.15, 0.2) is 0 Å². The SMILES string of the molecule is CC[C@H]1c2ccccc2N(C(C)=O)[C@@H](C)C1C. The highest BCUT2D eigenvalue weighted by Crippen LogP contribution is 2.43. The van der Waals surface area contributed by atoms with Crippen LogP contribution < -0.4 is 4.90 Å². The molecule has 2 rings (SSSR count). The molecule has 1 aliphatic rings. The van der Waals surface area contributed by atoms with Crippen LogP contribution in [0.5, 0.6) is 0 Å². The van der Waals surface area contributed by atoms with E-state index in [1.807, 2.05) is 11.0 Å². The number of hydrogen-bond donors (Lipinski definition) is 0. The summed E-state index contributed by atoms with van der Waals surface area (Å²) in [6.07, 6.45) is 1.13. The maximum atomic E-state index is 11.8. The first kappa shape index (κ1) is 12.2. The maximum absolute atomic E-state index is 11.8. The standard InChI is InChI=1S/C15H21NO/c1-5-13-10(2)11(3)16(12(4)17)15-9-7-6-8-14(13)15/h6-11,13H,5H2,1-4H3/t10?,11-,13+/m0/s1. The quantitative estimate of drug-likeness (QED) is 0.723. The molecule has 1 aliphatic heterocycles. The normalized spacial score (nSPS) is 27.8. The number of benzene rings is 1. The minimum Gasteiger partial charge on any atom is -0.309 e. The first-order chi connectivity index (χ1) is 8.07. The summed E-state index contributed by atoms with van der Waals surface area (Å²) in [5, 5.41) is 0. The predicted octanol–water partition coefficient (Wildman–Crippen LogP) is 3.57. The summed E-state index contributed by atoms with van der Waals surface area (Å²) in [5.41, 5.74) is 2.44. The largest absolute Gasteiger partial charge is 0.309 e. The summed E-state index contributed by atoms with van der Waals surface area (Å²) in [4.78, 5) is 13.8. The van der Waals surface area contributed by atoms with Gasteiger partial charge in [0.05, 0.1) is 0 Å². The summed E-state index contributed by atoms with van der Waals surface area (Å²) < 4.78 is 0. The second-order valence-electron chi connectivity index (χ2n) is 5.06. The Labute approximate surface area is 104 Å². The molecule has 0 spiro atoms. The van der Waals surface area contributed by atoms with Crippen molar-refractivity contribution in [1.29, 1.82) is 0 Å². The molecule has 17 heavy (non-hydrogen) atoms. The van der Waals surface area contributed by atoms with E-state index < -0.39 is 0 Å². The van der Waals surface area contributed by atoms with Gasteiger partial charge in [0, 0.05) is 18.7 Å². The molecule has 0 bridgehead atoms. The monoisotopic (exact) mass is 231 g/mol. The highest BCUT2D eigenvalue weighted by molar-refractivity contribution is 5.93. The summed E-state index contributed by atoms with van der Waals surface area (Å²) in [6, 6.07) is 8.61. The lowest BCUT2D eigenvalue weighted by Gasteiger charge is -2.43. The van der Waals surface area contributed by atoms with Gasteiger partial charge in [0.25, 0.3) is 0 Å². The molecular weight excluding hydrogens is 210 g/mol. The first-order valence-corrected chi connectivity index (χ1v) is 6.46. The van der Waals surface area contributed by atoms with Gasteiger partial charge in [-0.15, -0.1) is 0 Å². The first-order valence-electron chi connectivity index (χ1n) is 6.46. The zero-order chi connectivity index (χ0) is 12.6. The highest BCUT2D eigenvalue weighted by atomic mass is 16.2. The number of fused-ring (bicyclic) bond motifs is 1. The number of anilines is 1. The molecule has 3 atom stereocenters. The van der Waals surface area contributed by atoms with Crippen LogP contribution in [0.3, 0.4) is 0 Å². The fourth-order valence-corrected chi connectivity index (χ4v) is 3.14. The maximum Gasteiger partial charge on any atom is 0.224 e. The summed E-state index contributed by atoms with van der Waals surface area (Å²) in [7, 11) is 0. The van der Waals surface area contributed by atoms with E-state index in [4.69, 9.17) is 0 Å². The van der Waals surface area contributed by atoms with Crippen molar-refractivity contribution in [2.45, 2.75) is 46.1 Å². The Morgan fingerprint density at radius 1 is 1.29 bits per heavy atom. The van der Waals surface area contributed by atoms with Gasteiger partial charge in [-0.2, -0.15) is 0 Å². The number of rotatable bonds is 1. The molecule has 92 valence electrons. The zero-order valence-electron chi connectivity index (χ0n) is 11.1. The molecule has 0 aliphatic carbocycles. The third kappa shape index (κ3) is 1.86. The van der Waals surface area contributed by atoms with Crippen LogP contribution in [0.4, 0.5) is 5.69 Å². The van der Waals surface area contributed by atoms with Crippen molar-refractivity contribution >= 4 is 11.6 Å². The van der Waals surface area contributed by atoms with Crippen LogP contribution in [0.2, 0.25) is 0 Å². The van der Waals surface area contributed by atoms with Gasteiger partial charge in [-0.25, -0.2) is 0 Å². The van der Waals surface area contributed by atoms with Gasteiger partial charge < -0.3 is 4.90 Å². The molecule has 0 radical (unpaired) electrons. The predicted molar refractivity (Wildman–Crippen MR) is 71.3 cm³/mol. The molecule has 1 unspecified atom stereocenters. The minimum atomic E-state index is 0.145. The van der Waals surface area contributed by atoms with Gasteiger partial charge >= 0.3 is 0 Å². The number of hydrogen-bond acceptors (Lipinski definition) is 1. The molecular formula is C15H21NO. The summed E-state index contributed by atoms with van der Waals surface area (Å²) in [6.45, 7) is 8.30. The zero-order valence-corrected chi connectivity index (χ0v) is 11.1. The molecule has 1 amide bonds. The van der Waals surface area contributed by atoms with Gasteiger partial charge in [-0.1, -0.05) is 32.0 Å². The Morgan fingerprint density at radius 3 is 2.53 bits per heavy atom. The van der Waals surface area contributed by atoms with E-state index in [9.17, 15) is 4.79 Å². The topological polar surface area (TPSA) is 20.3 Å². The number of para-hydroxylation sites is 1. The third-order valence-electron chi connectivity index (χ3n) is 4.18. The molecule has 0 saturated carbocycles. The summed E-state index contributed by atoms with van der Waals surface area (Å²) >= 11 is 0. The lowest BCUT2D eigenvalue weighted by atomic mass is 9.76. The Balaban J connectivity index is 2.56. The molecule has 2 heteroatoms. The molecule has 0 N–H and O–H groups in total. The van der Waals surface area contributed by atoms with Crippen molar-refractivity contribution in [1.82, 2.24) is 0 Å². The van der Waals surface area contributed by atoms with E-state index in [-0.39, 0.29) is 11.9 Å². The fraction of sp³-hybridized carbons (Fsp3) is 0.533. The number of nitrogens with zero attached hydrogens (tertiary/aromatic N) is 1. The van der Waals surface area contributed by atoms with Crippen LogP contribution in [0.15, 0.2) is 24.3 Å². The minimum absolute atomic E-state index is 0.145. The lowest BCUT2D eigenvalue weighted by molar-refractivity contribution is -0.117. The molecule has 1 aromatic rings. The van der Waals surface area contributed by atoms with Crippen LogP contribution in [-0.4, -0.2) is 11.9 Å². The van der Waals surface area contributed by atoms with Gasteiger partial charge in [-0.3, -0.25) is 4.79 Å². The second kappa shape index (κ2) is 4.52. The van der Waals surface area contributed by atoms with Gasteiger partial charge in [0.1, 0.15) is 0 Å². The smallest absolute Gasteiger partial charge is 0.224 e. The van der Waals surface area contributed by atoms with E-state index >= 15 is 0 Å². The van der Waals surface area contributed by atoms with E-state index in [0.717, 1.165) is 12.1 Å². The van der Waals surface area contributed by atoms with Crippen molar-refractivity contribution in [3.63, 3.8) is 0 Å². The molecule has 1 heterocycles. The van der Waals surface area contributed by atoms with Crippen LogP contribution in [0.1, 0.15) is 45.6 Å². The average molecular weight is 231 g/mol. The Hall–Kier alpha value is -1.31. The van der Waals surface area contributed by atoms with Crippen molar-refractivity contribution in [2.75, 3.05) is 4.90 Å². The van der Waals surface area contributed by atoms with Gasteiger partial charge in [-0.05, 0) is 36.8 Å². The van der Waals surface area contributed by atoms with Crippen molar-refractivity contribution < 1.29 is 4.79 Å². The van der Waals surface area contributed by atoms with E-state index in [0.29, 0.717) is 11.8 Å². The Morgan fingerprint density at radius 2 is 1.94 bits per heavy atom. The van der Waals surface area contributed by atoms with E-state index in [2.05, 4.69) is 39.0 Å². The average Bonchev–Trinajstić information content (AvgIpc) is 2.30. The summed E-state index contributed by atoms with van der Waals surface area (Å²) in [5.74, 6) is 1.22. The molecule has 2 nitrogen and oxygen atoms in total.